The van der Waals surface area contributed by atoms with E-state index in [0.717, 1.165) is 0 Å². The molecule has 0 atom stereocenters. The van der Waals surface area contributed by atoms with Crippen molar-refractivity contribution in [3.63, 3.8) is 0 Å². The smallest absolute Gasteiger partial charge is 0.356 e. The number of anilines is 1. The van der Waals surface area contributed by atoms with E-state index < -0.39 is 5.97 Å². The molecular weight excluding hydrogens is 218 g/mol. The van der Waals surface area contributed by atoms with E-state index >= 15 is 0 Å². The van der Waals surface area contributed by atoms with Gasteiger partial charge in [-0.1, -0.05) is 13.8 Å². The van der Waals surface area contributed by atoms with E-state index in [-0.39, 0.29) is 17.7 Å². The Labute approximate surface area is 102 Å². The summed E-state index contributed by atoms with van der Waals surface area (Å²) in [6, 6.07) is 0.196. The topological polar surface area (TPSA) is 66.3 Å². The van der Waals surface area contributed by atoms with Gasteiger partial charge in [-0.15, -0.1) is 0 Å². The summed E-state index contributed by atoms with van der Waals surface area (Å²) >= 11 is 0. The molecule has 1 N–H and O–H groups in total. The number of aromatic nitrogens is 2. The number of carbonyl (C=O) groups is 1. The van der Waals surface area contributed by atoms with Crippen molar-refractivity contribution in [3.8, 4) is 0 Å². The first-order valence-corrected chi connectivity index (χ1v) is 5.67. The van der Waals surface area contributed by atoms with Gasteiger partial charge in [0.2, 0.25) is 0 Å². The van der Waals surface area contributed by atoms with Crippen LogP contribution in [0, 0.1) is 0 Å². The number of hydrogen-bond donors (Lipinski definition) is 1. The van der Waals surface area contributed by atoms with Crippen LogP contribution >= 0.6 is 0 Å². The molecule has 0 unspecified atom stereocenters. The second-order valence-corrected chi connectivity index (χ2v) is 4.63. The first kappa shape index (κ1) is 13.4. The van der Waals surface area contributed by atoms with Crippen LogP contribution in [0.2, 0.25) is 0 Å². The molecule has 17 heavy (non-hydrogen) atoms. The molecule has 5 heteroatoms. The molecule has 0 amide bonds. The molecular formula is C12H19N3O2. The highest BCUT2D eigenvalue weighted by atomic mass is 16.4. The Bertz CT molecular complexity index is 416. The highest BCUT2D eigenvalue weighted by molar-refractivity contribution is 5.92. The molecule has 0 aliphatic rings. The molecule has 94 valence electrons. The van der Waals surface area contributed by atoms with Crippen LogP contribution in [0.15, 0.2) is 6.20 Å². The maximum Gasteiger partial charge on any atom is 0.356 e. The Kier molecular flexibility index (Phi) is 4.04. The Balaban J connectivity index is 3.27. The van der Waals surface area contributed by atoms with Gasteiger partial charge in [0, 0.05) is 19.0 Å². The number of carboxylic acid groups (broad SMARTS) is 1. The molecule has 0 radical (unpaired) electrons. The van der Waals surface area contributed by atoms with Crippen molar-refractivity contribution in [2.24, 2.45) is 0 Å². The van der Waals surface area contributed by atoms with Crippen molar-refractivity contribution in [1.29, 1.82) is 0 Å². The predicted molar refractivity (Wildman–Crippen MR) is 66.6 cm³/mol. The van der Waals surface area contributed by atoms with Crippen molar-refractivity contribution < 1.29 is 9.90 Å². The van der Waals surface area contributed by atoms with Gasteiger partial charge in [0.15, 0.2) is 5.69 Å². The van der Waals surface area contributed by atoms with E-state index in [1.165, 1.54) is 0 Å². The molecule has 1 rings (SSSR count). The zero-order valence-corrected chi connectivity index (χ0v) is 10.9. The molecule has 0 saturated heterocycles. The molecule has 0 spiro atoms. The van der Waals surface area contributed by atoms with Gasteiger partial charge >= 0.3 is 5.97 Å². The van der Waals surface area contributed by atoms with Crippen LogP contribution in [0.5, 0.6) is 0 Å². The lowest BCUT2D eigenvalue weighted by Gasteiger charge is -2.24. The van der Waals surface area contributed by atoms with E-state index in [0.29, 0.717) is 11.5 Å². The number of aromatic carboxylic acids is 1. The maximum absolute atomic E-state index is 11.2. The third-order valence-corrected chi connectivity index (χ3v) is 2.66. The molecule has 5 nitrogen and oxygen atoms in total. The van der Waals surface area contributed by atoms with Crippen molar-refractivity contribution in [1.82, 2.24) is 9.97 Å². The van der Waals surface area contributed by atoms with Crippen molar-refractivity contribution >= 4 is 11.7 Å². The summed E-state index contributed by atoms with van der Waals surface area (Å²) in [5.74, 6) is -0.341. The lowest BCUT2D eigenvalue weighted by atomic mass is 10.2. The van der Waals surface area contributed by atoms with E-state index in [4.69, 9.17) is 0 Å². The second kappa shape index (κ2) is 5.12. The van der Waals surface area contributed by atoms with Crippen LogP contribution in [0.1, 0.15) is 49.9 Å². The van der Waals surface area contributed by atoms with Crippen LogP contribution in [-0.4, -0.2) is 34.1 Å². The normalized spacial score (nSPS) is 11.0. The third-order valence-electron chi connectivity index (χ3n) is 2.66. The minimum atomic E-state index is -1.02. The average Bonchev–Trinajstić information content (AvgIpc) is 2.26. The summed E-state index contributed by atoms with van der Waals surface area (Å²) in [4.78, 5) is 21.4. The molecule has 0 bridgehead atoms. The van der Waals surface area contributed by atoms with Crippen molar-refractivity contribution in [3.05, 3.63) is 17.7 Å². The monoisotopic (exact) mass is 237 g/mol. The number of hydrogen-bond acceptors (Lipinski definition) is 4. The van der Waals surface area contributed by atoms with E-state index in [1.807, 2.05) is 39.6 Å². The molecule has 1 heterocycles. The number of carboxylic acids is 1. The second-order valence-electron chi connectivity index (χ2n) is 4.63. The molecule has 0 saturated carbocycles. The Morgan fingerprint density at radius 2 is 1.94 bits per heavy atom. The Hall–Kier alpha value is -1.65. The minimum Gasteiger partial charge on any atom is -0.476 e. The highest BCUT2D eigenvalue weighted by Gasteiger charge is 2.19. The zero-order valence-electron chi connectivity index (χ0n) is 10.9. The number of rotatable bonds is 4. The maximum atomic E-state index is 11.2. The largest absolute Gasteiger partial charge is 0.476 e. The van der Waals surface area contributed by atoms with Crippen LogP contribution in [0.4, 0.5) is 5.69 Å². The van der Waals surface area contributed by atoms with Gasteiger partial charge in [-0.25, -0.2) is 14.8 Å². The van der Waals surface area contributed by atoms with E-state index in [2.05, 4.69) is 9.97 Å². The van der Waals surface area contributed by atoms with Gasteiger partial charge in [0.05, 0.1) is 11.9 Å². The SMILES string of the molecule is CC(C)c1ncc(N(C)C(C)C)c(C(=O)O)n1. The third kappa shape index (κ3) is 2.93. The molecule has 1 aromatic rings. The van der Waals surface area contributed by atoms with E-state index in [1.54, 1.807) is 6.20 Å². The van der Waals surface area contributed by atoms with Gasteiger partial charge in [0.25, 0.3) is 0 Å². The molecule has 0 aliphatic carbocycles. The van der Waals surface area contributed by atoms with Crippen molar-refractivity contribution in [2.45, 2.75) is 39.7 Å². The molecule has 0 fully saturated rings. The Morgan fingerprint density at radius 1 is 1.35 bits per heavy atom. The van der Waals surface area contributed by atoms with Gasteiger partial charge in [-0.05, 0) is 13.8 Å². The summed E-state index contributed by atoms with van der Waals surface area (Å²) in [5, 5.41) is 9.19. The van der Waals surface area contributed by atoms with Gasteiger partial charge in [0.1, 0.15) is 5.82 Å². The van der Waals surface area contributed by atoms with E-state index in [9.17, 15) is 9.90 Å². The molecule has 0 aliphatic heterocycles. The van der Waals surface area contributed by atoms with Gasteiger partial charge < -0.3 is 10.0 Å². The average molecular weight is 237 g/mol. The van der Waals surface area contributed by atoms with Gasteiger partial charge in [-0.2, -0.15) is 0 Å². The number of nitrogens with zero attached hydrogens (tertiary/aromatic N) is 3. The van der Waals surface area contributed by atoms with Crippen LogP contribution < -0.4 is 4.90 Å². The lowest BCUT2D eigenvalue weighted by molar-refractivity contribution is 0.0690. The standard InChI is InChI=1S/C12H19N3O2/c1-7(2)11-13-6-9(15(5)8(3)4)10(14-11)12(16)17/h6-8H,1-5H3,(H,16,17). The summed E-state index contributed by atoms with van der Waals surface area (Å²) in [7, 11) is 1.84. The summed E-state index contributed by atoms with van der Waals surface area (Å²) in [6.45, 7) is 7.85. The highest BCUT2D eigenvalue weighted by Crippen LogP contribution is 2.20. The fourth-order valence-electron chi connectivity index (χ4n) is 1.36. The van der Waals surface area contributed by atoms with Gasteiger partial charge in [-0.3, -0.25) is 0 Å². The fourth-order valence-corrected chi connectivity index (χ4v) is 1.36. The molecule has 0 aromatic carbocycles. The minimum absolute atomic E-state index is 0.0694. The van der Waals surface area contributed by atoms with Crippen LogP contribution in [-0.2, 0) is 0 Å². The fraction of sp³-hybridized carbons (Fsp3) is 0.583. The zero-order chi connectivity index (χ0) is 13.2. The summed E-state index contributed by atoms with van der Waals surface area (Å²) in [5.41, 5.74) is 0.622. The first-order valence-electron chi connectivity index (χ1n) is 5.67. The summed E-state index contributed by atoms with van der Waals surface area (Å²) < 4.78 is 0. The summed E-state index contributed by atoms with van der Waals surface area (Å²) in [6.07, 6.45) is 1.59. The van der Waals surface area contributed by atoms with Crippen LogP contribution in [0.25, 0.3) is 0 Å². The Morgan fingerprint density at radius 3 is 2.35 bits per heavy atom. The predicted octanol–water partition coefficient (Wildman–Crippen LogP) is 2.14. The van der Waals surface area contributed by atoms with Crippen LogP contribution in [0.3, 0.4) is 0 Å². The van der Waals surface area contributed by atoms with Crippen molar-refractivity contribution in [2.75, 3.05) is 11.9 Å². The first-order chi connectivity index (χ1) is 7.84. The lowest BCUT2D eigenvalue weighted by Crippen LogP contribution is -2.28. The quantitative estimate of drug-likeness (QED) is 0.869. The molecule has 1 aromatic heterocycles.